The number of nitrogens with zero attached hydrogens (tertiary/aromatic N) is 1. The summed E-state index contributed by atoms with van der Waals surface area (Å²) in [7, 11) is -0.123. The van der Waals surface area contributed by atoms with Crippen LogP contribution in [-0.2, 0) is 22.3 Å². The minimum absolute atomic E-state index is 0.0144. The van der Waals surface area contributed by atoms with Gasteiger partial charge in [0.05, 0.1) is 12.9 Å². The molecular formula is C16H19NO3S. The van der Waals surface area contributed by atoms with Crippen LogP contribution in [0.2, 0.25) is 0 Å². The van der Waals surface area contributed by atoms with Gasteiger partial charge in [0.15, 0.2) is 0 Å². The van der Waals surface area contributed by atoms with Crippen LogP contribution in [0.25, 0.3) is 0 Å². The first-order valence-corrected chi connectivity index (χ1v) is 8.23. The zero-order valence-electron chi connectivity index (χ0n) is 12.2. The Hall–Kier alpha value is -1.85. The van der Waals surface area contributed by atoms with Crippen molar-refractivity contribution in [3.8, 4) is 5.75 Å². The maximum atomic E-state index is 12.3. The van der Waals surface area contributed by atoms with E-state index in [1.165, 1.54) is 4.31 Å². The first-order valence-electron chi connectivity index (χ1n) is 6.62. The number of hydrogen-bond acceptors (Lipinski definition) is 3. The van der Waals surface area contributed by atoms with Crippen molar-refractivity contribution in [2.75, 3.05) is 14.2 Å². The lowest BCUT2D eigenvalue weighted by atomic mass is 10.2. The molecule has 0 atom stereocenters. The first kappa shape index (κ1) is 15.5. The van der Waals surface area contributed by atoms with Crippen molar-refractivity contribution in [3.05, 3.63) is 65.7 Å². The van der Waals surface area contributed by atoms with Gasteiger partial charge in [-0.1, -0.05) is 42.5 Å². The number of ether oxygens (including phenoxy) is 1. The molecule has 0 aliphatic carbocycles. The fraction of sp³-hybridized carbons (Fsp3) is 0.250. The highest BCUT2D eigenvalue weighted by molar-refractivity contribution is 7.88. The predicted octanol–water partition coefficient (Wildman–Crippen LogP) is 2.66. The van der Waals surface area contributed by atoms with Gasteiger partial charge in [-0.05, 0) is 23.3 Å². The van der Waals surface area contributed by atoms with Crippen LogP contribution in [-0.4, -0.2) is 26.9 Å². The molecule has 0 aliphatic rings. The first-order chi connectivity index (χ1) is 10.0. The maximum absolute atomic E-state index is 12.3. The molecular weight excluding hydrogens is 286 g/mol. The second-order valence-corrected chi connectivity index (χ2v) is 6.92. The summed E-state index contributed by atoms with van der Waals surface area (Å²) in [6.45, 7) is 0.346. The lowest BCUT2D eigenvalue weighted by Gasteiger charge is -2.17. The van der Waals surface area contributed by atoms with Gasteiger partial charge in [0.1, 0.15) is 5.75 Å². The molecule has 0 unspecified atom stereocenters. The standard InChI is InChI=1S/C16H19NO3S/c1-17(12-14-8-10-16(20-2)11-9-14)21(18,19)13-15-6-4-3-5-7-15/h3-11H,12-13H2,1-2H3. The number of sulfonamides is 1. The SMILES string of the molecule is COc1ccc(CN(C)S(=O)(=O)Cc2ccccc2)cc1. The number of rotatable bonds is 6. The summed E-state index contributed by atoms with van der Waals surface area (Å²) in [5, 5.41) is 0. The monoisotopic (exact) mass is 305 g/mol. The van der Waals surface area contributed by atoms with E-state index in [4.69, 9.17) is 4.74 Å². The molecule has 2 rings (SSSR count). The molecule has 0 heterocycles. The van der Waals surface area contributed by atoms with E-state index < -0.39 is 10.0 Å². The third kappa shape index (κ3) is 4.31. The van der Waals surface area contributed by atoms with Crippen molar-refractivity contribution >= 4 is 10.0 Å². The van der Waals surface area contributed by atoms with Gasteiger partial charge in [0, 0.05) is 13.6 Å². The number of methoxy groups -OCH3 is 1. The minimum Gasteiger partial charge on any atom is -0.497 e. The molecule has 2 aromatic rings. The van der Waals surface area contributed by atoms with E-state index in [1.54, 1.807) is 14.2 Å². The van der Waals surface area contributed by atoms with E-state index in [0.29, 0.717) is 6.54 Å². The van der Waals surface area contributed by atoms with Crippen molar-refractivity contribution in [1.29, 1.82) is 0 Å². The van der Waals surface area contributed by atoms with Gasteiger partial charge in [-0.3, -0.25) is 0 Å². The highest BCUT2D eigenvalue weighted by Crippen LogP contribution is 2.15. The lowest BCUT2D eigenvalue weighted by molar-refractivity contribution is 0.414. The van der Waals surface area contributed by atoms with Crippen LogP contribution in [0.5, 0.6) is 5.75 Å². The molecule has 0 saturated carbocycles. The Balaban J connectivity index is 2.05. The molecule has 0 radical (unpaired) electrons. The summed E-state index contributed by atoms with van der Waals surface area (Å²) in [5.41, 5.74) is 1.72. The van der Waals surface area contributed by atoms with Crippen molar-refractivity contribution in [1.82, 2.24) is 4.31 Å². The van der Waals surface area contributed by atoms with Crippen molar-refractivity contribution < 1.29 is 13.2 Å². The molecule has 0 amide bonds. The molecule has 0 spiro atoms. The van der Waals surface area contributed by atoms with E-state index in [-0.39, 0.29) is 5.75 Å². The zero-order chi connectivity index (χ0) is 15.3. The van der Waals surface area contributed by atoms with E-state index >= 15 is 0 Å². The Morgan fingerprint density at radius 2 is 1.57 bits per heavy atom. The molecule has 112 valence electrons. The third-order valence-corrected chi connectivity index (χ3v) is 5.01. The van der Waals surface area contributed by atoms with E-state index in [0.717, 1.165) is 16.9 Å². The fourth-order valence-electron chi connectivity index (χ4n) is 1.98. The number of hydrogen-bond donors (Lipinski definition) is 0. The van der Waals surface area contributed by atoms with E-state index in [1.807, 2.05) is 54.6 Å². The van der Waals surface area contributed by atoms with Crippen LogP contribution in [0.1, 0.15) is 11.1 Å². The van der Waals surface area contributed by atoms with Gasteiger partial charge >= 0.3 is 0 Å². The molecule has 0 aliphatic heterocycles. The van der Waals surface area contributed by atoms with Crippen molar-refractivity contribution in [2.45, 2.75) is 12.3 Å². The van der Waals surface area contributed by atoms with Crippen molar-refractivity contribution in [2.24, 2.45) is 0 Å². The van der Waals surface area contributed by atoms with Crippen molar-refractivity contribution in [3.63, 3.8) is 0 Å². The normalized spacial score (nSPS) is 11.6. The van der Waals surface area contributed by atoms with Gasteiger partial charge in [0.25, 0.3) is 0 Å². The molecule has 5 heteroatoms. The lowest BCUT2D eigenvalue weighted by Crippen LogP contribution is -2.27. The molecule has 0 aromatic heterocycles. The molecule has 0 N–H and O–H groups in total. The van der Waals surface area contributed by atoms with Gasteiger partial charge in [0.2, 0.25) is 10.0 Å². The fourth-order valence-corrected chi connectivity index (χ4v) is 3.16. The highest BCUT2D eigenvalue weighted by Gasteiger charge is 2.18. The second kappa shape index (κ2) is 6.74. The molecule has 0 bridgehead atoms. The van der Waals surface area contributed by atoms with Gasteiger partial charge in [-0.25, -0.2) is 12.7 Å². The summed E-state index contributed by atoms with van der Waals surface area (Å²) in [6, 6.07) is 16.6. The van der Waals surface area contributed by atoms with Gasteiger partial charge < -0.3 is 4.74 Å². The molecule has 0 saturated heterocycles. The summed E-state index contributed by atoms with van der Waals surface area (Å²) in [6.07, 6.45) is 0. The van der Waals surface area contributed by atoms with E-state index in [2.05, 4.69) is 0 Å². The highest BCUT2D eigenvalue weighted by atomic mass is 32.2. The quantitative estimate of drug-likeness (QED) is 0.824. The Bertz CT molecular complexity index is 666. The average Bonchev–Trinajstić information content (AvgIpc) is 2.48. The minimum atomic E-state index is -3.33. The molecule has 2 aromatic carbocycles. The average molecular weight is 305 g/mol. The Labute approximate surface area is 126 Å². The predicted molar refractivity (Wildman–Crippen MR) is 83.5 cm³/mol. The summed E-state index contributed by atoms with van der Waals surface area (Å²) < 4.78 is 31.1. The Morgan fingerprint density at radius 1 is 0.952 bits per heavy atom. The zero-order valence-corrected chi connectivity index (χ0v) is 13.0. The second-order valence-electron chi connectivity index (χ2n) is 4.85. The van der Waals surface area contributed by atoms with Gasteiger partial charge in [-0.2, -0.15) is 0 Å². The van der Waals surface area contributed by atoms with E-state index in [9.17, 15) is 8.42 Å². The summed E-state index contributed by atoms with van der Waals surface area (Å²) in [4.78, 5) is 0. The van der Waals surface area contributed by atoms with Crippen LogP contribution in [0, 0.1) is 0 Å². The topological polar surface area (TPSA) is 46.6 Å². The largest absolute Gasteiger partial charge is 0.497 e. The maximum Gasteiger partial charge on any atom is 0.218 e. The third-order valence-electron chi connectivity index (χ3n) is 3.23. The number of benzene rings is 2. The summed E-state index contributed by atoms with van der Waals surface area (Å²) >= 11 is 0. The van der Waals surface area contributed by atoms with Crippen LogP contribution in [0.15, 0.2) is 54.6 Å². The van der Waals surface area contributed by atoms with Gasteiger partial charge in [-0.15, -0.1) is 0 Å². The van der Waals surface area contributed by atoms with Crippen LogP contribution in [0.4, 0.5) is 0 Å². The molecule has 21 heavy (non-hydrogen) atoms. The van der Waals surface area contributed by atoms with Crippen LogP contribution < -0.4 is 4.74 Å². The molecule has 0 fully saturated rings. The Kier molecular flexibility index (Phi) is 4.98. The smallest absolute Gasteiger partial charge is 0.218 e. The molecule has 4 nitrogen and oxygen atoms in total. The van der Waals surface area contributed by atoms with Crippen LogP contribution >= 0.6 is 0 Å². The summed E-state index contributed by atoms with van der Waals surface area (Å²) in [5.74, 6) is 0.772. The Morgan fingerprint density at radius 3 is 2.14 bits per heavy atom. The van der Waals surface area contributed by atoms with Crippen LogP contribution in [0.3, 0.4) is 0 Å².